The molecule has 8 nitrogen and oxygen atoms in total. The number of esters is 1. The first-order valence-electron chi connectivity index (χ1n) is 10.9. The molecule has 0 unspecified atom stereocenters. The molecular formula is C25H22N4O4S. The molecule has 1 aliphatic heterocycles. The van der Waals surface area contributed by atoms with Gasteiger partial charge in [-0.25, -0.2) is 0 Å². The van der Waals surface area contributed by atoms with Crippen LogP contribution in [0.4, 0.5) is 5.69 Å². The van der Waals surface area contributed by atoms with Gasteiger partial charge in [0.2, 0.25) is 5.91 Å². The highest BCUT2D eigenvalue weighted by Gasteiger charge is 2.42. The van der Waals surface area contributed by atoms with E-state index in [9.17, 15) is 14.4 Å². The molecule has 9 heteroatoms. The molecule has 2 aromatic heterocycles. The standard InChI is InChI=1S/C25H22N4O4S/c1-16-8-10-17(11-9-16)29-22(30)13-12-19(23(29)21-7-4-14-34-21)25(32)33-15-28-24(31)18-5-2-3-6-20(18)26-27-28/h2-11,14,19,23H,12-13,15H2,1H3/t19-,23+/m0/s1. The monoisotopic (exact) mass is 474 g/mol. The molecule has 2 aromatic carbocycles. The minimum Gasteiger partial charge on any atom is -0.442 e. The van der Waals surface area contributed by atoms with Gasteiger partial charge in [-0.15, -0.1) is 16.4 Å². The Morgan fingerprint density at radius 1 is 1.09 bits per heavy atom. The van der Waals surface area contributed by atoms with Crippen LogP contribution in [0.5, 0.6) is 0 Å². The third kappa shape index (κ3) is 4.10. The van der Waals surface area contributed by atoms with Crippen molar-refractivity contribution in [2.45, 2.75) is 32.5 Å². The van der Waals surface area contributed by atoms with Gasteiger partial charge >= 0.3 is 5.97 Å². The number of benzene rings is 2. The van der Waals surface area contributed by atoms with E-state index in [1.165, 1.54) is 11.3 Å². The summed E-state index contributed by atoms with van der Waals surface area (Å²) in [6.45, 7) is 1.64. The zero-order valence-electron chi connectivity index (χ0n) is 18.5. The van der Waals surface area contributed by atoms with Gasteiger partial charge in [-0.05, 0) is 49.1 Å². The number of aryl methyl sites for hydroxylation is 1. The van der Waals surface area contributed by atoms with Crippen molar-refractivity contribution in [1.82, 2.24) is 15.0 Å². The van der Waals surface area contributed by atoms with E-state index in [4.69, 9.17) is 4.74 Å². The minimum absolute atomic E-state index is 0.0390. The van der Waals surface area contributed by atoms with Gasteiger partial charge in [0, 0.05) is 17.0 Å². The predicted molar refractivity (Wildman–Crippen MR) is 128 cm³/mol. The van der Waals surface area contributed by atoms with Gasteiger partial charge in [-0.3, -0.25) is 14.4 Å². The van der Waals surface area contributed by atoms with Crippen molar-refractivity contribution in [3.63, 3.8) is 0 Å². The topological polar surface area (TPSA) is 94.4 Å². The van der Waals surface area contributed by atoms with Crippen LogP contribution in [0, 0.1) is 12.8 Å². The summed E-state index contributed by atoms with van der Waals surface area (Å²) in [5.74, 6) is -1.10. The van der Waals surface area contributed by atoms with Gasteiger partial charge in [0.15, 0.2) is 6.73 Å². The Morgan fingerprint density at radius 3 is 2.65 bits per heavy atom. The van der Waals surface area contributed by atoms with E-state index < -0.39 is 17.9 Å². The van der Waals surface area contributed by atoms with Crippen molar-refractivity contribution in [3.8, 4) is 0 Å². The number of amides is 1. The molecule has 1 aliphatic rings. The third-order valence-electron chi connectivity index (χ3n) is 6.01. The molecule has 172 valence electrons. The largest absolute Gasteiger partial charge is 0.442 e. The Kier molecular flexibility index (Phi) is 5.93. The van der Waals surface area contributed by atoms with Crippen molar-refractivity contribution in [1.29, 1.82) is 0 Å². The van der Waals surface area contributed by atoms with E-state index in [0.717, 1.165) is 20.8 Å². The molecule has 1 amide bonds. The number of anilines is 1. The summed E-state index contributed by atoms with van der Waals surface area (Å²) in [5.41, 5.74) is 1.92. The van der Waals surface area contributed by atoms with E-state index in [1.807, 2.05) is 48.7 Å². The number of fused-ring (bicyclic) bond motifs is 1. The number of rotatable bonds is 5. The average Bonchev–Trinajstić information content (AvgIpc) is 3.39. The molecule has 0 N–H and O–H groups in total. The van der Waals surface area contributed by atoms with Crippen LogP contribution in [-0.2, 0) is 21.1 Å². The zero-order valence-corrected chi connectivity index (χ0v) is 19.3. The number of ether oxygens (including phenoxy) is 1. The van der Waals surface area contributed by atoms with Crippen LogP contribution in [-0.4, -0.2) is 26.9 Å². The van der Waals surface area contributed by atoms with E-state index in [-0.39, 0.29) is 24.6 Å². The Hall–Kier alpha value is -3.85. The van der Waals surface area contributed by atoms with Crippen molar-refractivity contribution in [2.75, 3.05) is 4.90 Å². The highest BCUT2D eigenvalue weighted by molar-refractivity contribution is 7.10. The van der Waals surface area contributed by atoms with Crippen LogP contribution in [0.15, 0.2) is 70.8 Å². The summed E-state index contributed by atoms with van der Waals surface area (Å²) >= 11 is 1.49. The number of aromatic nitrogens is 3. The second kappa shape index (κ2) is 9.18. The molecule has 0 saturated carbocycles. The summed E-state index contributed by atoms with van der Waals surface area (Å²) in [6, 6.07) is 17.9. The number of thiophene rings is 1. The fourth-order valence-electron chi connectivity index (χ4n) is 4.27. The second-order valence-corrected chi connectivity index (χ2v) is 9.19. The van der Waals surface area contributed by atoms with E-state index in [1.54, 1.807) is 29.2 Å². The average molecular weight is 475 g/mol. The van der Waals surface area contributed by atoms with Gasteiger partial charge < -0.3 is 9.64 Å². The fraction of sp³-hybridized carbons (Fsp3) is 0.240. The smallest absolute Gasteiger partial charge is 0.313 e. The SMILES string of the molecule is Cc1ccc(N2C(=O)CC[C@H](C(=O)OCn3nnc4ccccc4c3=O)[C@@H]2c2cccs2)cc1. The molecular weight excluding hydrogens is 452 g/mol. The van der Waals surface area contributed by atoms with Crippen molar-refractivity contribution in [3.05, 3.63) is 86.8 Å². The third-order valence-corrected chi connectivity index (χ3v) is 6.95. The first kappa shape index (κ1) is 22.0. The summed E-state index contributed by atoms with van der Waals surface area (Å²) in [6.07, 6.45) is 0.589. The molecule has 5 rings (SSSR count). The summed E-state index contributed by atoms with van der Waals surface area (Å²) in [4.78, 5) is 41.6. The first-order valence-corrected chi connectivity index (χ1v) is 11.8. The number of nitrogens with zero attached hydrogens (tertiary/aromatic N) is 4. The Morgan fingerprint density at radius 2 is 1.88 bits per heavy atom. The molecule has 1 saturated heterocycles. The predicted octanol–water partition coefficient (Wildman–Crippen LogP) is 3.85. The number of hydrogen-bond acceptors (Lipinski definition) is 7. The lowest BCUT2D eigenvalue weighted by Crippen LogP contribution is -2.46. The molecule has 0 radical (unpaired) electrons. The lowest BCUT2D eigenvalue weighted by molar-refractivity contribution is -0.155. The maximum absolute atomic E-state index is 13.3. The van der Waals surface area contributed by atoms with E-state index >= 15 is 0 Å². The molecule has 0 aliphatic carbocycles. The number of hydrogen-bond donors (Lipinski definition) is 0. The highest BCUT2D eigenvalue weighted by Crippen LogP contribution is 2.42. The van der Waals surface area contributed by atoms with Crippen LogP contribution in [0.3, 0.4) is 0 Å². The molecule has 4 aromatic rings. The summed E-state index contributed by atoms with van der Waals surface area (Å²) in [5, 5.41) is 10.2. The normalized spacial score (nSPS) is 18.3. The van der Waals surface area contributed by atoms with Crippen LogP contribution in [0.25, 0.3) is 10.9 Å². The van der Waals surface area contributed by atoms with Crippen molar-refractivity contribution in [2.24, 2.45) is 5.92 Å². The van der Waals surface area contributed by atoms with Crippen LogP contribution < -0.4 is 10.5 Å². The van der Waals surface area contributed by atoms with Crippen molar-refractivity contribution < 1.29 is 14.3 Å². The van der Waals surface area contributed by atoms with Gasteiger partial charge in [0.1, 0.15) is 5.52 Å². The summed E-state index contributed by atoms with van der Waals surface area (Å²) < 4.78 is 6.59. The quantitative estimate of drug-likeness (QED) is 0.408. The van der Waals surface area contributed by atoms with Crippen LogP contribution in [0.1, 0.15) is 29.3 Å². The maximum Gasteiger partial charge on any atom is 0.313 e. The lowest BCUT2D eigenvalue weighted by atomic mass is 9.87. The summed E-state index contributed by atoms with van der Waals surface area (Å²) in [7, 11) is 0. The number of carbonyl (C=O) groups is 2. The molecule has 0 bridgehead atoms. The second-order valence-electron chi connectivity index (χ2n) is 8.21. The van der Waals surface area contributed by atoms with Gasteiger partial charge in [-0.2, -0.15) is 4.68 Å². The lowest BCUT2D eigenvalue weighted by Gasteiger charge is -2.39. The van der Waals surface area contributed by atoms with E-state index in [2.05, 4.69) is 10.3 Å². The van der Waals surface area contributed by atoms with Crippen molar-refractivity contribution >= 4 is 39.8 Å². The molecule has 1 fully saturated rings. The molecule has 0 spiro atoms. The van der Waals surface area contributed by atoms with Gasteiger partial charge in [0.05, 0.1) is 17.3 Å². The first-order chi connectivity index (χ1) is 16.5. The number of piperidine rings is 1. The van der Waals surface area contributed by atoms with Gasteiger partial charge in [-0.1, -0.05) is 41.1 Å². The van der Waals surface area contributed by atoms with Crippen LogP contribution >= 0.6 is 11.3 Å². The van der Waals surface area contributed by atoms with Gasteiger partial charge in [0.25, 0.3) is 5.56 Å². The number of carbonyl (C=O) groups excluding carboxylic acids is 2. The molecule has 34 heavy (non-hydrogen) atoms. The van der Waals surface area contributed by atoms with Crippen LogP contribution in [0.2, 0.25) is 0 Å². The highest BCUT2D eigenvalue weighted by atomic mass is 32.1. The zero-order chi connectivity index (χ0) is 23.7. The fourth-order valence-corrected chi connectivity index (χ4v) is 5.15. The molecule has 2 atom stereocenters. The Bertz CT molecular complexity index is 1400. The maximum atomic E-state index is 13.3. The molecule has 3 heterocycles. The van der Waals surface area contributed by atoms with E-state index in [0.29, 0.717) is 17.3 Å². The minimum atomic E-state index is -0.582. The Labute approximate surface area is 199 Å². The Balaban J connectivity index is 1.43.